The van der Waals surface area contributed by atoms with Crippen molar-refractivity contribution in [1.29, 1.82) is 0 Å². The van der Waals surface area contributed by atoms with Crippen molar-refractivity contribution in [3.05, 3.63) is 0 Å². The Kier molecular flexibility index (Phi) is 6.84. The van der Waals surface area contributed by atoms with Crippen LogP contribution in [0.25, 0.3) is 0 Å². The molecule has 0 aromatic carbocycles. The Morgan fingerprint density at radius 2 is 1.42 bits per heavy atom. The second kappa shape index (κ2) is 7.27. The van der Waals surface area contributed by atoms with Crippen molar-refractivity contribution in [3.63, 3.8) is 0 Å². The fourth-order valence-corrected chi connectivity index (χ4v) is 4.58. The van der Waals surface area contributed by atoms with E-state index in [1.165, 1.54) is 0 Å². The summed E-state index contributed by atoms with van der Waals surface area (Å²) in [5.74, 6) is 0. The van der Waals surface area contributed by atoms with Crippen molar-refractivity contribution in [1.82, 2.24) is 0 Å². The van der Waals surface area contributed by atoms with E-state index in [4.69, 9.17) is 25.2 Å². The third kappa shape index (κ3) is 5.04. The maximum atomic E-state index is 14.6. The SMILES string of the molecule is CC(C)(C)[Si](C)(C)OC[C@H]1O[C@@H](Cl)C(F)C1O[Si](C)(C)C(C)(C)C. The molecular weight excluding hydrogens is 363 g/mol. The molecule has 3 nitrogen and oxygen atoms in total. The van der Waals surface area contributed by atoms with Gasteiger partial charge in [0.25, 0.3) is 0 Å². The molecule has 0 radical (unpaired) electrons. The van der Waals surface area contributed by atoms with Gasteiger partial charge in [-0.3, -0.25) is 0 Å². The Hall–Kier alpha value is 0.534. The summed E-state index contributed by atoms with van der Waals surface area (Å²) in [5.41, 5.74) is -0.965. The van der Waals surface area contributed by atoms with Gasteiger partial charge in [0.1, 0.15) is 12.2 Å². The van der Waals surface area contributed by atoms with Gasteiger partial charge in [0.2, 0.25) is 0 Å². The summed E-state index contributed by atoms with van der Waals surface area (Å²) < 4.78 is 32.8. The van der Waals surface area contributed by atoms with Crippen LogP contribution < -0.4 is 0 Å². The first-order valence-electron chi connectivity index (χ1n) is 8.75. The van der Waals surface area contributed by atoms with Gasteiger partial charge in [0, 0.05) is 0 Å². The second-order valence-electron chi connectivity index (χ2n) is 9.88. The van der Waals surface area contributed by atoms with E-state index in [1.54, 1.807) is 0 Å². The number of rotatable bonds is 5. The largest absolute Gasteiger partial charge is 0.414 e. The van der Waals surface area contributed by atoms with Crippen molar-refractivity contribution >= 4 is 28.2 Å². The van der Waals surface area contributed by atoms with E-state index >= 15 is 0 Å². The zero-order valence-electron chi connectivity index (χ0n) is 17.0. The van der Waals surface area contributed by atoms with Crippen LogP contribution in [0.4, 0.5) is 4.39 Å². The lowest BCUT2D eigenvalue weighted by Crippen LogP contribution is -2.50. The van der Waals surface area contributed by atoms with Crippen LogP contribution in [0.5, 0.6) is 0 Å². The minimum atomic E-state index is -2.12. The van der Waals surface area contributed by atoms with Gasteiger partial charge in [0.15, 0.2) is 28.4 Å². The van der Waals surface area contributed by atoms with Crippen LogP contribution in [0.1, 0.15) is 41.5 Å². The first kappa shape index (κ1) is 22.6. The number of hydrogen-bond acceptors (Lipinski definition) is 3. The molecule has 1 saturated heterocycles. The molecule has 1 aliphatic heterocycles. The highest BCUT2D eigenvalue weighted by Gasteiger charge is 2.51. The standard InChI is InChI=1S/C17H36ClFO3Si2/c1-16(2,3)23(7,8)20-11-12-14(13(19)15(18)21-12)22-24(9,10)17(4,5)6/h12-15H,11H2,1-10H3/t12-,13?,14?,15-/m1/s1. The molecule has 0 aromatic rings. The maximum absolute atomic E-state index is 14.6. The predicted octanol–water partition coefficient (Wildman–Crippen LogP) is 5.70. The van der Waals surface area contributed by atoms with E-state index in [2.05, 4.69) is 67.7 Å². The Morgan fingerprint density at radius 3 is 1.83 bits per heavy atom. The first-order valence-corrected chi connectivity index (χ1v) is 15.0. The Balaban J connectivity index is 2.86. The highest BCUT2D eigenvalue weighted by atomic mass is 35.5. The van der Waals surface area contributed by atoms with Crippen LogP contribution >= 0.6 is 11.6 Å². The van der Waals surface area contributed by atoms with Gasteiger partial charge in [-0.25, -0.2) is 4.39 Å². The smallest absolute Gasteiger partial charge is 0.192 e. The molecular formula is C17H36ClFO3Si2. The predicted molar refractivity (Wildman–Crippen MR) is 105 cm³/mol. The average molecular weight is 399 g/mol. The number of hydrogen-bond donors (Lipinski definition) is 0. The molecule has 1 fully saturated rings. The van der Waals surface area contributed by atoms with Gasteiger partial charge in [0.05, 0.1) is 6.61 Å². The topological polar surface area (TPSA) is 27.7 Å². The minimum absolute atomic E-state index is 0.00194. The minimum Gasteiger partial charge on any atom is -0.414 e. The monoisotopic (exact) mass is 398 g/mol. The molecule has 0 N–H and O–H groups in total. The van der Waals surface area contributed by atoms with Gasteiger partial charge in [-0.15, -0.1) is 0 Å². The summed E-state index contributed by atoms with van der Waals surface area (Å²) in [5, 5.41) is 0.0961. The number of ether oxygens (including phenoxy) is 1. The van der Waals surface area contributed by atoms with Crippen molar-refractivity contribution in [3.8, 4) is 0 Å². The van der Waals surface area contributed by atoms with Gasteiger partial charge in [-0.1, -0.05) is 53.1 Å². The first-order chi connectivity index (χ1) is 10.5. The van der Waals surface area contributed by atoms with Crippen molar-refractivity contribution in [2.75, 3.05) is 6.61 Å². The lowest BCUT2D eigenvalue weighted by molar-refractivity contribution is 0.00229. The van der Waals surface area contributed by atoms with Gasteiger partial charge < -0.3 is 13.6 Å². The molecule has 1 aliphatic rings. The Labute approximate surface area is 154 Å². The molecule has 0 aromatic heterocycles. The highest BCUT2D eigenvalue weighted by Crippen LogP contribution is 2.42. The normalized spacial score (nSPS) is 30.0. The summed E-state index contributed by atoms with van der Waals surface area (Å²) in [4.78, 5) is 0. The van der Waals surface area contributed by atoms with E-state index in [1.807, 2.05) is 0 Å². The molecule has 7 heteroatoms. The molecule has 4 atom stereocenters. The summed E-state index contributed by atoms with van der Waals surface area (Å²) in [6, 6.07) is 0. The lowest BCUT2D eigenvalue weighted by Gasteiger charge is -2.40. The lowest BCUT2D eigenvalue weighted by atomic mass is 10.2. The van der Waals surface area contributed by atoms with Crippen molar-refractivity contribution in [2.24, 2.45) is 0 Å². The summed E-state index contributed by atoms with van der Waals surface area (Å²) in [6.07, 6.45) is -2.43. The molecule has 0 spiro atoms. The maximum Gasteiger partial charge on any atom is 0.192 e. The Bertz CT molecular complexity index is 433. The van der Waals surface area contributed by atoms with Crippen molar-refractivity contribution < 1.29 is 18.0 Å². The Morgan fingerprint density at radius 1 is 0.958 bits per heavy atom. The molecule has 24 heavy (non-hydrogen) atoms. The number of alkyl halides is 2. The quantitative estimate of drug-likeness (QED) is 0.439. The van der Waals surface area contributed by atoms with E-state index in [0.29, 0.717) is 6.61 Å². The molecule has 0 bridgehead atoms. The van der Waals surface area contributed by atoms with Crippen LogP contribution in [0, 0.1) is 0 Å². The van der Waals surface area contributed by atoms with Crippen molar-refractivity contribution in [2.45, 2.75) is 102 Å². The van der Waals surface area contributed by atoms with E-state index < -0.39 is 40.6 Å². The fourth-order valence-electron chi connectivity index (χ4n) is 1.97. The van der Waals surface area contributed by atoms with Crippen LogP contribution in [-0.2, 0) is 13.6 Å². The highest BCUT2D eigenvalue weighted by molar-refractivity contribution is 6.74. The van der Waals surface area contributed by atoms with E-state index in [0.717, 1.165) is 0 Å². The zero-order valence-corrected chi connectivity index (χ0v) is 19.8. The average Bonchev–Trinajstić information content (AvgIpc) is 2.61. The molecule has 144 valence electrons. The van der Waals surface area contributed by atoms with Crippen LogP contribution in [-0.4, -0.2) is 47.2 Å². The molecule has 2 unspecified atom stereocenters. The summed E-state index contributed by atoms with van der Waals surface area (Å²) in [6.45, 7) is 21.9. The molecule has 1 rings (SSSR count). The zero-order chi connectivity index (χ0) is 19.1. The van der Waals surface area contributed by atoms with Crippen LogP contribution in [0.2, 0.25) is 36.3 Å². The molecule has 0 aliphatic carbocycles. The van der Waals surface area contributed by atoms with Gasteiger partial charge in [-0.2, -0.15) is 0 Å². The van der Waals surface area contributed by atoms with Gasteiger partial charge in [-0.05, 0) is 36.3 Å². The van der Waals surface area contributed by atoms with Gasteiger partial charge >= 0.3 is 0 Å². The molecule has 0 amide bonds. The third-order valence-electron chi connectivity index (χ3n) is 5.89. The number of halogens is 2. The van der Waals surface area contributed by atoms with E-state index in [9.17, 15) is 4.39 Å². The summed E-state index contributed by atoms with van der Waals surface area (Å²) in [7, 11) is -4.05. The third-order valence-corrected chi connectivity index (χ3v) is 15.2. The molecule has 0 saturated carbocycles. The fraction of sp³-hybridized carbons (Fsp3) is 1.00. The van der Waals surface area contributed by atoms with Crippen LogP contribution in [0.3, 0.4) is 0 Å². The second-order valence-corrected chi connectivity index (χ2v) is 19.9. The van der Waals surface area contributed by atoms with Crippen LogP contribution in [0.15, 0.2) is 0 Å². The van der Waals surface area contributed by atoms with E-state index in [-0.39, 0.29) is 10.1 Å². The molecule has 1 heterocycles. The summed E-state index contributed by atoms with van der Waals surface area (Å²) >= 11 is 6.03.